The van der Waals surface area contributed by atoms with Gasteiger partial charge >= 0.3 is 0 Å². The van der Waals surface area contributed by atoms with E-state index in [0.29, 0.717) is 31.6 Å². The molecule has 3 atom stereocenters. The molecule has 156 valence electrons. The standard InChI is InChI=1S/C21H33N3O3S/c1-17-7-6-10-24(16-17)18(2)15-22-21(25)20(19-8-4-3-5-9-19)23-11-13-28(26,27)14-12-23/h3-5,8-9,17-18,20H,6-7,10-16H2,1-2H3,(H,22,25). The summed E-state index contributed by atoms with van der Waals surface area (Å²) in [7, 11) is -2.98. The lowest BCUT2D eigenvalue weighted by Gasteiger charge is -2.37. The number of sulfone groups is 1. The molecule has 2 aliphatic heterocycles. The molecule has 2 aliphatic rings. The fourth-order valence-corrected chi connectivity index (χ4v) is 5.48. The summed E-state index contributed by atoms with van der Waals surface area (Å²) in [6.45, 7) is 8.04. The van der Waals surface area contributed by atoms with Crippen molar-refractivity contribution < 1.29 is 13.2 Å². The summed E-state index contributed by atoms with van der Waals surface area (Å²) in [5, 5.41) is 3.14. The molecular formula is C21H33N3O3S. The Labute approximate surface area is 169 Å². The molecule has 6 nitrogen and oxygen atoms in total. The van der Waals surface area contributed by atoms with Crippen LogP contribution in [0.3, 0.4) is 0 Å². The topological polar surface area (TPSA) is 69.7 Å². The maximum atomic E-state index is 13.1. The monoisotopic (exact) mass is 407 g/mol. The van der Waals surface area contributed by atoms with Crippen LogP contribution in [-0.4, -0.2) is 74.4 Å². The average Bonchev–Trinajstić information content (AvgIpc) is 2.68. The van der Waals surface area contributed by atoms with Crippen molar-refractivity contribution in [1.82, 2.24) is 15.1 Å². The molecule has 7 heteroatoms. The minimum Gasteiger partial charge on any atom is -0.353 e. The van der Waals surface area contributed by atoms with E-state index in [1.165, 1.54) is 12.8 Å². The third kappa shape index (κ3) is 5.55. The van der Waals surface area contributed by atoms with Crippen LogP contribution in [0, 0.1) is 5.92 Å². The van der Waals surface area contributed by atoms with Gasteiger partial charge in [0.05, 0.1) is 11.5 Å². The van der Waals surface area contributed by atoms with E-state index < -0.39 is 15.9 Å². The first-order valence-corrected chi connectivity index (χ1v) is 12.2. The molecule has 1 aromatic rings. The first kappa shape index (κ1) is 21.3. The normalized spacial score (nSPS) is 25.7. The van der Waals surface area contributed by atoms with Crippen LogP contribution in [0.5, 0.6) is 0 Å². The minimum atomic E-state index is -2.98. The molecule has 3 rings (SSSR count). The van der Waals surface area contributed by atoms with E-state index in [4.69, 9.17) is 0 Å². The van der Waals surface area contributed by atoms with Crippen molar-refractivity contribution in [3.63, 3.8) is 0 Å². The Balaban J connectivity index is 1.65. The Morgan fingerprint density at radius 3 is 2.46 bits per heavy atom. The molecule has 0 bridgehead atoms. The molecule has 2 saturated heterocycles. The van der Waals surface area contributed by atoms with Crippen LogP contribution < -0.4 is 5.32 Å². The largest absolute Gasteiger partial charge is 0.353 e. The van der Waals surface area contributed by atoms with Gasteiger partial charge in [-0.1, -0.05) is 37.3 Å². The lowest BCUT2D eigenvalue weighted by Crippen LogP contribution is -2.50. The maximum Gasteiger partial charge on any atom is 0.242 e. The predicted octanol–water partition coefficient (Wildman–Crippen LogP) is 1.69. The molecule has 0 aliphatic carbocycles. The van der Waals surface area contributed by atoms with Crippen molar-refractivity contribution in [3.05, 3.63) is 35.9 Å². The number of hydrogen-bond acceptors (Lipinski definition) is 5. The zero-order chi connectivity index (χ0) is 20.1. The fraction of sp³-hybridized carbons (Fsp3) is 0.667. The number of amides is 1. The van der Waals surface area contributed by atoms with Gasteiger partial charge in [0, 0.05) is 32.2 Å². The lowest BCUT2D eigenvalue weighted by atomic mass is 9.99. The summed E-state index contributed by atoms with van der Waals surface area (Å²) in [5.41, 5.74) is 0.915. The quantitative estimate of drug-likeness (QED) is 0.777. The van der Waals surface area contributed by atoms with Crippen molar-refractivity contribution in [2.24, 2.45) is 5.92 Å². The molecule has 1 N–H and O–H groups in total. The predicted molar refractivity (Wildman–Crippen MR) is 112 cm³/mol. The van der Waals surface area contributed by atoms with E-state index in [9.17, 15) is 13.2 Å². The Morgan fingerprint density at radius 1 is 1.14 bits per heavy atom. The van der Waals surface area contributed by atoms with E-state index in [2.05, 4.69) is 24.1 Å². The minimum absolute atomic E-state index is 0.0394. The van der Waals surface area contributed by atoms with Crippen LogP contribution in [0.4, 0.5) is 0 Å². The van der Waals surface area contributed by atoms with Crippen LogP contribution in [0.2, 0.25) is 0 Å². The molecule has 3 unspecified atom stereocenters. The third-order valence-electron chi connectivity index (χ3n) is 5.99. The van der Waals surface area contributed by atoms with Crippen LogP contribution >= 0.6 is 0 Å². The molecule has 2 fully saturated rings. The number of carbonyl (C=O) groups excluding carboxylic acids is 1. The van der Waals surface area contributed by atoms with Gasteiger partial charge in [0.15, 0.2) is 9.84 Å². The molecule has 0 radical (unpaired) electrons. The highest BCUT2D eigenvalue weighted by Crippen LogP contribution is 2.23. The molecule has 2 heterocycles. The Bertz CT molecular complexity index is 739. The highest BCUT2D eigenvalue weighted by atomic mass is 32.2. The molecule has 0 aromatic heterocycles. The second-order valence-electron chi connectivity index (χ2n) is 8.34. The van der Waals surface area contributed by atoms with Gasteiger partial charge in [0.25, 0.3) is 0 Å². The van der Waals surface area contributed by atoms with Gasteiger partial charge in [-0.05, 0) is 37.8 Å². The van der Waals surface area contributed by atoms with E-state index in [0.717, 1.165) is 18.7 Å². The maximum absolute atomic E-state index is 13.1. The first-order chi connectivity index (χ1) is 13.4. The van der Waals surface area contributed by atoms with E-state index in [-0.39, 0.29) is 17.4 Å². The van der Waals surface area contributed by atoms with Crippen LogP contribution in [0.15, 0.2) is 30.3 Å². The molecule has 1 aromatic carbocycles. The summed E-state index contributed by atoms with van der Waals surface area (Å²) in [6, 6.07) is 9.53. The number of benzene rings is 1. The Kier molecular flexibility index (Phi) is 7.12. The average molecular weight is 408 g/mol. The van der Waals surface area contributed by atoms with Gasteiger partial charge in [0.2, 0.25) is 5.91 Å². The second-order valence-corrected chi connectivity index (χ2v) is 10.6. The summed E-state index contributed by atoms with van der Waals surface area (Å²) in [5.74, 6) is 0.902. The molecule has 28 heavy (non-hydrogen) atoms. The lowest BCUT2D eigenvalue weighted by molar-refractivity contribution is -0.127. The number of nitrogens with zero attached hydrogens (tertiary/aromatic N) is 2. The van der Waals surface area contributed by atoms with Gasteiger partial charge in [-0.2, -0.15) is 0 Å². The SMILES string of the molecule is CC1CCCN(C(C)CNC(=O)C(c2ccccc2)N2CCS(=O)(=O)CC2)C1. The van der Waals surface area contributed by atoms with E-state index in [1.54, 1.807) is 0 Å². The Morgan fingerprint density at radius 2 is 1.82 bits per heavy atom. The van der Waals surface area contributed by atoms with Gasteiger partial charge in [-0.25, -0.2) is 8.42 Å². The number of nitrogens with one attached hydrogen (secondary N) is 1. The van der Waals surface area contributed by atoms with Crippen LogP contribution in [0.1, 0.15) is 38.3 Å². The molecule has 0 saturated carbocycles. The Hall–Kier alpha value is -1.44. The van der Waals surface area contributed by atoms with Crippen molar-refractivity contribution in [1.29, 1.82) is 0 Å². The number of likely N-dealkylation sites (tertiary alicyclic amines) is 1. The smallest absolute Gasteiger partial charge is 0.242 e. The summed E-state index contributed by atoms with van der Waals surface area (Å²) < 4.78 is 23.6. The van der Waals surface area contributed by atoms with Gasteiger partial charge in [-0.15, -0.1) is 0 Å². The van der Waals surface area contributed by atoms with Crippen molar-refractivity contribution >= 4 is 15.7 Å². The second kappa shape index (κ2) is 9.37. The van der Waals surface area contributed by atoms with Crippen molar-refractivity contribution in [2.75, 3.05) is 44.2 Å². The number of hydrogen-bond donors (Lipinski definition) is 1. The molecule has 1 amide bonds. The molecule has 0 spiro atoms. The number of piperidine rings is 1. The number of rotatable bonds is 6. The first-order valence-electron chi connectivity index (χ1n) is 10.4. The van der Waals surface area contributed by atoms with Gasteiger partial charge in [0.1, 0.15) is 6.04 Å². The van der Waals surface area contributed by atoms with Crippen LogP contribution in [0.25, 0.3) is 0 Å². The highest BCUT2D eigenvalue weighted by Gasteiger charge is 2.32. The summed E-state index contributed by atoms with van der Waals surface area (Å²) >= 11 is 0. The van der Waals surface area contributed by atoms with Gasteiger partial charge in [-0.3, -0.25) is 14.6 Å². The molecular weight excluding hydrogens is 374 g/mol. The summed E-state index contributed by atoms with van der Waals surface area (Å²) in [6.07, 6.45) is 2.50. The van der Waals surface area contributed by atoms with Gasteiger partial charge < -0.3 is 5.32 Å². The van der Waals surface area contributed by atoms with E-state index >= 15 is 0 Å². The fourth-order valence-electron chi connectivity index (χ4n) is 4.25. The summed E-state index contributed by atoms with van der Waals surface area (Å²) in [4.78, 5) is 17.6. The van der Waals surface area contributed by atoms with E-state index in [1.807, 2.05) is 35.2 Å². The number of carbonyl (C=O) groups is 1. The van der Waals surface area contributed by atoms with Crippen LogP contribution in [-0.2, 0) is 14.6 Å². The van der Waals surface area contributed by atoms with Crippen molar-refractivity contribution in [3.8, 4) is 0 Å². The zero-order valence-electron chi connectivity index (χ0n) is 17.0. The highest BCUT2D eigenvalue weighted by molar-refractivity contribution is 7.91. The zero-order valence-corrected chi connectivity index (χ0v) is 17.8. The van der Waals surface area contributed by atoms with Crippen molar-refractivity contribution in [2.45, 2.75) is 38.8 Å². The third-order valence-corrected chi connectivity index (χ3v) is 7.60.